The van der Waals surface area contributed by atoms with E-state index in [9.17, 15) is 24.6 Å². The number of benzene rings is 1. The first-order chi connectivity index (χ1) is 18.1. The molecule has 9 heteroatoms. The number of hydrogen-bond donors (Lipinski definition) is 2. The van der Waals surface area contributed by atoms with Crippen LogP contribution in [0.25, 0.3) is 0 Å². The van der Waals surface area contributed by atoms with Crippen molar-refractivity contribution in [1.82, 2.24) is 0 Å². The third kappa shape index (κ3) is 11.3. The Morgan fingerprint density at radius 3 is 2.61 bits per heavy atom. The van der Waals surface area contributed by atoms with Crippen molar-refractivity contribution in [3.8, 4) is 0 Å². The summed E-state index contributed by atoms with van der Waals surface area (Å²) in [5.41, 5.74) is 2.02. The number of ketones is 1. The summed E-state index contributed by atoms with van der Waals surface area (Å²) >= 11 is 1.64. The van der Waals surface area contributed by atoms with Gasteiger partial charge in [0.15, 0.2) is 6.10 Å². The molecule has 0 saturated heterocycles. The smallest absolute Gasteiger partial charge is 0.347 e. The van der Waals surface area contributed by atoms with Crippen LogP contribution in [0.1, 0.15) is 57.6 Å². The van der Waals surface area contributed by atoms with Crippen LogP contribution >= 0.6 is 11.8 Å². The number of methoxy groups -OCH3 is 1. The van der Waals surface area contributed by atoms with Gasteiger partial charge in [0.05, 0.1) is 24.9 Å². The minimum atomic E-state index is -0.929. The summed E-state index contributed by atoms with van der Waals surface area (Å²) in [6.07, 6.45) is 2.78. The van der Waals surface area contributed by atoms with Gasteiger partial charge < -0.3 is 24.4 Å². The summed E-state index contributed by atoms with van der Waals surface area (Å²) in [5, 5.41) is 20.9. The molecular weight excluding hydrogens is 508 g/mol. The van der Waals surface area contributed by atoms with Gasteiger partial charge in [-0.25, -0.2) is 4.79 Å². The second-order valence-electron chi connectivity index (χ2n) is 9.95. The first kappa shape index (κ1) is 32.0. The zero-order chi connectivity index (χ0) is 28.1. The molecule has 0 spiro atoms. The molecule has 1 aromatic rings. The molecule has 1 aromatic carbocycles. The molecule has 1 aliphatic rings. The highest BCUT2D eigenvalue weighted by Crippen LogP contribution is 2.34. The molecule has 0 bridgehead atoms. The van der Waals surface area contributed by atoms with Crippen LogP contribution in [-0.4, -0.2) is 71.0 Å². The number of Topliss-reactive ketones (excluding diaryl/α,β-unsaturated/α-hetero) is 1. The van der Waals surface area contributed by atoms with E-state index in [0.717, 1.165) is 11.1 Å². The van der Waals surface area contributed by atoms with Crippen LogP contribution < -0.4 is 0 Å². The third-order valence-electron chi connectivity index (χ3n) is 6.27. The van der Waals surface area contributed by atoms with Gasteiger partial charge in [0, 0.05) is 38.2 Å². The first-order valence-electron chi connectivity index (χ1n) is 13.2. The lowest BCUT2D eigenvalue weighted by molar-refractivity contribution is -0.169. The number of carbonyl (C=O) groups is 3. The van der Waals surface area contributed by atoms with Gasteiger partial charge in [0.2, 0.25) is 0 Å². The van der Waals surface area contributed by atoms with Crippen molar-refractivity contribution in [1.29, 1.82) is 0 Å². The lowest BCUT2D eigenvalue weighted by atomic mass is 9.91. The average molecular weight is 551 g/mol. The fourth-order valence-corrected chi connectivity index (χ4v) is 5.41. The highest BCUT2D eigenvalue weighted by molar-refractivity contribution is 7.99. The molecule has 2 rings (SSSR count). The van der Waals surface area contributed by atoms with Gasteiger partial charge in [-0.15, -0.1) is 0 Å². The van der Waals surface area contributed by atoms with E-state index in [-0.39, 0.29) is 36.6 Å². The summed E-state index contributed by atoms with van der Waals surface area (Å²) in [7, 11) is 1.64. The fourth-order valence-electron chi connectivity index (χ4n) is 4.43. The monoisotopic (exact) mass is 550 g/mol. The Morgan fingerprint density at radius 1 is 1.16 bits per heavy atom. The van der Waals surface area contributed by atoms with Gasteiger partial charge in [-0.3, -0.25) is 9.59 Å². The van der Waals surface area contributed by atoms with E-state index in [2.05, 4.69) is 0 Å². The van der Waals surface area contributed by atoms with Gasteiger partial charge in [-0.2, -0.15) is 11.8 Å². The third-order valence-corrected chi connectivity index (χ3v) is 7.37. The summed E-state index contributed by atoms with van der Waals surface area (Å²) in [6, 6.07) is 7.85. The van der Waals surface area contributed by atoms with Crippen LogP contribution in [0.3, 0.4) is 0 Å². The van der Waals surface area contributed by atoms with E-state index >= 15 is 0 Å². The molecule has 212 valence electrons. The molecule has 1 saturated carbocycles. The molecule has 38 heavy (non-hydrogen) atoms. The van der Waals surface area contributed by atoms with Crippen molar-refractivity contribution < 1.29 is 38.8 Å². The zero-order valence-electron chi connectivity index (χ0n) is 22.8. The number of rotatable bonds is 16. The van der Waals surface area contributed by atoms with Crippen molar-refractivity contribution in [2.24, 2.45) is 11.8 Å². The Kier molecular flexibility index (Phi) is 14.1. The molecule has 0 aliphatic heterocycles. The fraction of sp³-hybridized carbons (Fsp3) is 0.621. The van der Waals surface area contributed by atoms with Crippen LogP contribution in [0.5, 0.6) is 0 Å². The van der Waals surface area contributed by atoms with Gasteiger partial charge in [-0.05, 0) is 56.2 Å². The number of thioether (sulfide) groups is 1. The van der Waals surface area contributed by atoms with E-state index in [4.69, 9.17) is 14.2 Å². The normalized spacial score (nSPS) is 21.1. The van der Waals surface area contributed by atoms with E-state index in [1.165, 1.54) is 6.92 Å². The van der Waals surface area contributed by atoms with Crippen LogP contribution in [0.2, 0.25) is 0 Å². The van der Waals surface area contributed by atoms with Crippen molar-refractivity contribution in [3.05, 3.63) is 47.5 Å². The van der Waals surface area contributed by atoms with Gasteiger partial charge in [0.1, 0.15) is 5.78 Å². The second-order valence-corrected chi connectivity index (χ2v) is 11.2. The van der Waals surface area contributed by atoms with Gasteiger partial charge >= 0.3 is 11.9 Å². The topological polar surface area (TPSA) is 119 Å². The molecule has 8 nitrogen and oxygen atoms in total. The standard InChI is InChI=1S/C29H42O8S/c1-19(2)36-29(34)20(3)37-28(33)9-6-13-38-14-12-25-24(26(31)17-27(25)32)11-10-23(30)16-21-7-5-8-22(15-21)18-35-4/h5,7-8,10-11,15,19-20,23-26,30-31H,6,9,12-14,16-18H2,1-4H3. The number of aliphatic hydroxyl groups excluding tert-OH is 2. The van der Waals surface area contributed by atoms with Crippen molar-refractivity contribution in [3.63, 3.8) is 0 Å². The summed E-state index contributed by atoms with van der Waals surface area (Å²) in [5.74, 6) is -0.136. The maximum atomic E-state index is 12.5. The first-order valence-corrected chi connectivity index (χ1v) is 14.4. The second kappa shape index (κ2) is 16.7. The molecule has 1 aliphatic carbocycles. The number of aliphatic hydroxyl groups is 2. The molecular formula is C29H42O8S. The molecule has 0 heterocycles. The number of carbonyl (C=O) groups excluding carboxylic acids is 3. The molecule has 5 unspecified atom stereocenters. The predicted molar refractivity (Wildman–Crippen MR) is 147 cm³/mol. The van der Waals surface area contributed by atoms with Gasteiger partial charge in [0.25, 0.3) is 0 Å². The highest BCUT2D eigenvalue weighted by atomic mass is 32.2. The summed E-state index contributed by atoms with van der Waals surface area (Å²) in [4.78, 5) is 36.2. The van der Waals surface area contributed by atoms with Gasteiger partial charge in [-0.1, -0.05) is 36.4 Å². The largest absolute Gasteiger partial charge is 0.460 e. The van der Waals surface area contributed by atoms with Crippen LogP contribution in [0.4, 0.5) is 0 Å². The summed E-state index contributed by atoms with van der Waals surface area (Å²) < 4.78 is 15.3. The summed E-state index contributed by atoms with van der Waals surface area (Å²) in [6.45, 7) is 5.47. The lowest BCUT2D eigenvalue weighted by Gasteiger charge is -2.18. The molecule has 0 aromatic heterocycles. The average Bonchev–Trinajstić information content (AvgIpc) is 3.11. The number of esters is 2. The Balaban J connectivity index is 1.73. The number of hydrogen-bond acceptors (Lipinski definition) is 9. The van der Waals surface area contributed by atoms with Crippen LogP contribution in [0, 0.1) is 11.8 Å². The molecule has 0 radical (unpaired) electrons. The van der Waals surface area contributed by atoms with Crippen LogP contribution in [-0.2, 0) is 41.6 Å². The number of ether oxygens (including phenoxy) is 3. The van der Waals surface area contributed by atoms with Crippen molar-refractivity contribution in [2.45, 2.75) is 83.9 Å². The molecule has 2 N–H and O–H groups in total. The van der Waals surface area contributed by atoms with Crippen molar-refractivity contribution in [2.75, 3.05) is 18.6 Å². The molecule has 0 amide bonds. The van der Waals surface area contributed by atoms with E-state index in [1.54, 1.807) is 44.9 Å². The Bertz CT molecular complexity index is 931. The van der Waals surface area contributed by atoms with E-state index in [1.807, 2.05) is 24.3 Å². The maximum Gasteiger partial charge on any atom is 0.347 e. The Hall–Kier alpha value is -2.20. The minimum Gasteiger partial charge on any atom is -0.460 e. The Morgan fingerprint density at radius 2 is 1.89 bits per heavy atom. The Labute approximate surface area is 230 Å². The molecule has 5 atom stereocenters. The zero-order valence-corrected chi connectivity index (χ0v) is 23.7. The minimum absolute atomic E-state index is 0.0420. The SMILES string of the molecule is COCc1cccc(CC(O)C=CC2C(O)CC(=O)C2CCSCCCC(=O)OC(C)C(=O)OC(C)C)c1. The van der Waals surface area contributed by atoms with Crippen molar-refractivity contribution >= 4 is 29.5 Å². The lowest BCUT2D eigenvalue weighted by Crippen LogP contribution is -2.28. The molecule has 1 fully saturated rings. The van der Waals surface area contributed by atoms with E-state index in [0.29, 0.717) is 37.4 Å². The highest BCUT2D eigenvalue weighted by Gasteiger charge is 2.39. The maximum absolute atomic E-state index is 12.5. The predicted octanol–water partition coefficient (Wildman–Crippen LogP) is 3.65. The van der Waals surface area contributed by atoms with E-state index < -0.39 is 30.3 Å². The quantitative estimate of drug-likeness (QED) is 0.181. The van der Waals surface area contributed by atoms with Crippen LogP contribution in [0.15, 0.2) is 36.4 Å².